The Labute approximate surface area is 186 Å². The Bertz CT molecular complexity index is 950. The maximum Gasteiger partial charge on any atom is 0.325 e. The Hall–Kier alpha value is -1.79. The van der Waals surface area contributed by atoms with Crippen LogP contribution in [-0.2, 0) is 15.1 Å². The number of amides is 4. The van der Waals surface area contributed by atoms with Crippen LogP contribution in [0.5, 0.6) is 0 Å². The van der Waals surface area contributed by atoms with Crippen LogP contribution >= 0.6 is 23.2 Å². The second-order valence-electron chi connectivity index (χ2n) is 10.3. The second-order valence-corrected chi connectivity index (χ2v) is 11.1. The number of imide groups is 1. The third-order valence-corrected chi connectivity index (χ3v) is 7.32. The lowest BCUT2D eigenvalue weighted by atomic mass is 9.65. The van der Waals surface area contributed by atoms with E-state index < -0.39 is 17.5 Å². The number of hydrogen-bond donors (Lipinski definition) is 1. The highest BCUT2D eigenvalue weighted by atomic mass is 35.5. The number of rotatable bonds is 3. The van der Waals surface area contributed by atoms with Gasteiger partial charge in [-0.05, 0) is 49.1 Å². The van der Waals surface area contributed by atoms with E-state index in [9.17, 15) is 14.4 Å². The maximum atomic E-state index is 13.2. The molecule has 30 heavy (non-hydrogen) atoms. The SMILES string of the molecule is CC1(C)CC2CC(C)(CN2C(=O)CN2C(=O)NC(C)(c3ccc(Cl)cc3Cl)C2=O)C1. The summed E-state index contributed by atoms with van der Waals surface area (Å²) in [6.07, 6.45) is 2.98. The quantitative estimate of drug-likeness (QED) is 0.700. The van der Waals surface area contributed by atoms with Crippen molar-refractivity contribution in [1.29, 1.82) is 0 Å². The van der Waals surface area contributed by atoms with Crippen molar-refractivity contribution in [3.05, 3.63) is 33.8 Å². The molecule has 1 saturated carbocycles. The van der Waals surface area contributed by atoms with E-state index in [4.69, 9.17) is 23.2 Å². The van der Waals surface area contributed by atoms with Crippen LogP contribution in [0, 0.1) is 10.8 Å². The van der Waals surface area contributed by atoms with Gasteiger partial charge in [0.15, 0.2) is 0 Å². The summed E-state index contributed by atoms with van der Waals surface area (Å²) in [4.78, 5) is 41.9. The molecule has 2 bridgehead atoms. The Balaban J connectivity index is 1.54. The lowest BCUT2D eigenvalue weighted by molar-refractivity contribution is -0.139. The third kappa shape index (κ3) is 3.48. The molecule has 3 unspecified atom stereocenters. The Morgan fingerprint density at radius 3 is 2.53 bits per heavy atom. The lowest BCUT2D eigenvalue weighted by Gasteiger charge is -2.39. The van der Waals surface area contributed by atoms with Gasteiger partial charge in [-0.1, -0.05) is 50.0 Å². The van der Waals surface area contributed by atoms with E-state index in [1.54, 1.807) is 19.1 Å². The van der Waals surface area contributed by atoms with Crippen LogP contribution in [-0.4, -0.2) is 46.8 Å². The van der Waals surface area contributed by atoms with Gasteiger partial charge < -0.3 is 10.2 Å². The minimum atomic E-state index is -1.34. The number of benzene rings is 1. The summed E-state index contributed by atoms with van der Waals surface area (Å²) >= 11 is 12.3. The van der Waals surface area contributed by atoms with Crippen molar-refractivity contribution < 1.29 is 14.4 Å². The molecule has 1 aliphatic carbocycles. The molecule has 4 amide bonds. The van der Waals surface area contributed by atoms with Crippen molar-refractivity contribution in [2.24, 2.45) is 10.8 Å². The lowest BCUT2D eigenvalue weighted by Crippen LogP contribution is -2.46. The molecule has 0 radical (unpaired) electrons. The highest BCUT2D eigenvalue weighted by molar-refractivity contribution is 6.35. The third-order valence-electron chi connectivity index (χ3n) is 6.77. The molecule has 2 heterocycles. The minimum absolute atomic E-state index is 0.0880. The van der Waals surface area contributed by atoms with Gasteiger partial charge in [-0.15, -0.1) is 0 Å². The van der Waals surface area contributed by atoms with E-state index in [0.29, 0.717) is 17.1 Å². The number of carbonyl (C=O) groups is 3. The smallest absolute Gasteiger partial charge is 0.325 e. The standard InChI is InChI=1S/C22H27Cl2N3O3/c1-20(2)8-14-9-21(3,11-20)12-27(14)17(28)10-26-18(29)22(4,25-19(26)30)15-6-5-13(23)7-16(15)24/h5-7,14H,8-12H2,1-4H3,(H,25,30). The summed E-state index contributed by atoms with van der Waals surface area (Å²) in [7, 11) is 0. The summed E-state index contributed by atoms with van der Waals surface area (Å²) in [5.74, 6) is -0.671. The van der Waals surface area contributed by atoms with E-state index in [1.165, 1.54) is 6.07 Å². The Morgan fingerprint density at radius 2 is 1.87 bits per heavy atom. The second kappa shape index (κ2) is 6.86. The Morgan fingerprint density at radius 1 is 1.17 bits per heavy atom. The first-order chi connectivity index (χ1) is 13.8. The normalized spacial score (nSPS) is 32.5. The number of urea groups is 1. The topological polar surface area (TPSA) is 69.7 Å². The number of nitrogens with zero attached hydrogens (tertiary/aromatic N) is 2. The van der Waals surface area contributed by atoms with Crippen LogP contribution in [0.2, 0.25) is 10.0 Å². The van der Waals surface area contributed by atoms with Gasteiger partial charge in [-0.2, -0.15) is 0 Å². The van der Waals surface area contributed by atoms with Gasteiger partial charge in [0.1, 0.15) is 12.1 Å². The van der Waals surface area contributed by atoms with E-state index in [1.807, 2.05) is 4.90 Å². The molecule has 3 atom stereocenters. The summed E-state index contributed by atoms with van der Waals surface area (Å²) in [6.45, 7) is 8.71. The first-order valence-electron chi connectivity index (χ1n) is 10.2. The zero-order valence-electron chi connectivity index (χ0n) is 17.7. The average Bonchev–Trinajstić information content (AvgIpc) is 2.98. The van der Waals surface area contributed by atoms with Crippen molar-refractivity contribution in [2.75, 3.05) is 13.1 Å². The van der Waals surface area contributed by atoms with Crippen molar-refractivity contribution in [2.45, 2.75) is 58.5 Å². The van der Waals surface area contributed by atoms with Crippen LogP contribution in [0.15, 0.2) is 18.2 Å². The molecule has 4 rings (SSSR count). The fraction of sp³-hybridized carbons (Fsp3) is 0.591. The molecule has 2 aliphatic heterocycles. The average molecular weight is 452 g/mol. The van der Waals surface area contributed by atoms with Gasteiger partial charge in [0, 0.05) is 28.2 Å². The highest BCUT2D eigenvalue weighted by Crippen LogP contribution is 2.52. The molecule has 8 heteroatoms. The fourth-order valence-electron chi connectivity index (χ4n) is 5.90. The summed E-state index contributed by atoms with van der Waals surface area (Å²) in [5.41, 5.74) is -0.621. The van der Waals surface area contributed by atoms with Crippen LogP contribution in [0.1, 0.15) is 52.5 Å². The van der Waals surface area contributed by atoms with Crippen molar-refractivity contribution in [3.8, 4) is 0 Å². The monoisotopic (exact) mass is 451 g/mol. The van der Waals surface area contributed by atoms with E-state index in [0.717, 1.165) is 24.2 Å². The molecular weight excluding hydrogens is 425 g/mol. The first-order valence-corrected chi connectivity index (χ1v) is 11.0. The van der Waals surface area contributed by atoms with Crippen LogP contribution in [0.3, 0.4) is 0 Å². The van der Waals surface area contributed by atoms with Crippen molar-refractivity contribution in [3.63, 3.8) is 0 Å². The number of nitrogens with one attached hydrogen (secondary N) is 1. The molecule has 6 nitrogen and oxygen atoms in total. The summed E-state index contributed by atoms with van der Waals surface area (Å²) < 4.78 is 0. The first kappa shape index (κ1) is 21.4. The minimum Gasteiger partial charge on any atom is -0.338 e. The van der Waals surface area contributed by atoms with Gasteiger partial charge >= 0.3 is 6.03 Å². The van der Waals surface area contributed by atoms with Crippen LogP contribution in [0.25, 0.3) is 0 Å². The van der Waals surface area contributed by atoms with Gasteiger partial charge in [-0.3, -0.25) is 14.5 Å². The molecule has 162 valence electrons. The largest absolute Gasteiger partial charge is 0.338 e. The van der Waals surface area contributed by atoms with Crippen molar-refractivity contribution in [1.82, 2.24) is 15.1 Å². The number of likely N-dealkylation sites (tertiary alicyclic amines) is 1. The molecular formula is C22H27Cl2N3O3. The summed E-state index contributed by atoms with van der Waals surface area (Å²) in [5, 5.41) is 3.43. The van der Waals surface area contributed by atoms with Crippen molar-refractivity contribution >= 4 is 41.0 Å². The van der Waals surface area contributed by atoms with E-state index in [-0.39, 0.29) is 34.3 Å². The van der Waals surface area contributed by atoms with Crippen LogP contribution < -0.4 is 5.32 Å². The van der Waals surface area contributed by atoms with E-state index in [2.05, 4.69) is 26.1 Å². The molecule has 3 fully saturated rings. The molecule has 1 aromatic carbocycles. The summed E-state index contributed by atoms with van der Waals surface area (Å²) in [6, 6.07) is 4.35. The molecule has 1 aromatic rings. The van der Waals surface area contributed by atoms with Gasteiger partial charge in [0.2, 0.25) is 5.91 Å². The number of fused-ring (bicyclic) bond motifs is 2. The zero-order valence-corrected chi connectivity index (χ0v) is 19.2. The zero-order chi connectivity index (χ0) is 22.1. The predicted molar refractivity (Wildman–Crippen MR) is 115 cm³/mol. The Kier molecular flexibility index (Phi) is 4.90. The highest BCUT2D eigenvalue weighted by Gasteiger charge is 2.53. The number of halogens is 2. The number of hydrogen-bond acceptors (Lipinski definition) is 3. The number of carbonyl (C=O) groups excluding carboxylic acids is 3. The van der Waals surface area contributed by atoms with E-state index >= 15 is 0 Å². The molecule has 0 aromatic heterocycles. The molecule has 3 aliphatic rings. The molecule has 0 spiro atoms. The molecule has 2 saturated heterocycles. The van der Waals surface area contributed by atoms with Gasteiger partial charge in [0.25, 0.3) is 5.91 Å². The maximum absolute atomic E-state index is 13.2. The van der Waals surface area contributed by atoms with Gasteiger partial charge in [-0.25, -0.2) is 4.79 Å². The fourth-order valence-corrected chi connectivity index (χ4v) is 6.49. The predicted octanol–water partition coefficient (Wildman–Crippen LogP) is 4.19. The molecule has 1 N–H and O–H groups in total. The van der Waals surface area contributed by atoms with Crippen LogP contribution in [0.4, 0.5) is 4.79 Å². The van der Waals surface area contributed by atoms with Gasteiger partial charge in [0.05, 0.1) is 0 Å².